The van der Waals surface area contributed by atoms with Gasteiger partial charge in [0.25, 0.3) is 5.91 Å². The zero-order valence-corrected chi connectivity index (χ0v) is 25.1. The molecule has 41 heavy (non-hydrogen) atoms. The van der Waals surface area contributed by atoms with Gasteiger partial charge in [-0.05, 0) is 63.0 Å². The lowest BCUT2D eigenvalue weighted by atomic mass is 10.0. The summed E-state index contributed by atoms with van der Waals surface area (Å²) < 4.78 is 14.3. The van der Waals surface area contributed by atoms with Crippen LogP contribution in [0.1, 0.15) is 74.1 Å². The standard InChI is InChI=1S/C32H42N4O4S/c1-5-8-10-14-25(4)31-29(17-11-12-18-30(37)38)33-22-19-26(15-13-21-34-31)32(39)35-27-20-23-36(41(40)7-3)28(24-27)16-9-6-2/h5-6,8-10,13-16,19,21-22,24-25,27H,2,7,11-12,17-18,20,23H2,1,3-4H3,(H,35,39)(H,37,38)/b8-5-,14-10-,15-13?,16-9-,21-13?,22-19?,26-15?,26-19?,31-29?,33-22?,33-29?,34-21?,34-31?. The molecule has 2 heterocycles. The van der Waals surface area contributed by atoms with E-state index in [1.165, 1.54) is 0 Å². The van der Waals surface area contributed by atoms with E-state index in [9.17, 15) is 13.8 Å². The van der Waals surface area contributed by atoms with Gasteiger partial charge < -0.3 is 10.4 Å². The number of nitrogens with one attached hydrogen (secondary N) is 1. The molecule has 3 atom stereocenters. The highest BCUT2D eigenvalue weighted by Crippen LogP contribution is 2.20. The van der Waals surface area contributed by atoms with Crippen molar-refractivity contribution >= 4 is 22.9 Å². The van der Waals surface area contributed by atoms with Gasteiger partial charge in [-0.1, -0.05) is 56.9 Å². The van der Waals surface area contributed by atoms with E-state index in [0.29, 0.717) is 43.5 Å². The third kappa shape index (κ3) is 11.7. The van der Waals surface area contributed by atoms with Crippen LogP contribution in [0.5, 0.6) is 0 Å². The number of carboxylic acids is 1. The number of aromatic nitrogens is 2. The summed E-state index contributed by atoms with van der Waals surface area (Å²) in [6.45, 7) is 10.1. The van der Waals surface area contributed by atoms with Gasteiger partial charge >= 0.3 is 5.97 Å². The molecule has 0 saturated carbocycles. The average Bonchev–Trinajstić information content (AvgIpc) is 2.96. The Morgan fingerprint density at radius 1 is 1.22 bits per heavy atom. The van der Waals surface area contributed by atoms with Crippen molar-refractivity contribution < 1.29 is 18.9 Å². The SMILES string of the molecule is C=C/C=C\C1=CC(NC(=O)c2cccnc(C(C)/C=C\C=C/C)c(CCCCC(=O)O)ncc2)CCN1S(=O)CC. The van der Waals surface area contributed by atoms with E-state index in [1.807, 2.05) is 61.5 Å². The Balaban J connectivity index is 2.35. The first kappa shape index (κ1) is 33.4. The summed E-state index contributed by atoms with van der Waals surface area (Å²) in [4.78, 5) is 33.6. The topological polar surface area (TPSA) is 112 Å². The number of unbranched alkanes of at least 4 members (excludes halogenated alkanes) is 1. The van der Waals surface area contributed by atoms with Gasteiger partial charge in [0.2, 0.25) is 0 Å². The second-order valence-corrected chi connectivity index (χ2v) is 11.1. The van der Waals surface area contributed by atoms with Crippen molar-refractivity contribution in [2.45, 2.75) is 64.8 Å². The molecule has 2 N–H and O–H groups in total. The number of rotatable bonds is 14. The molecule has 0 saturated heterocycles. The minimum absolute atomic E-state index is 0.0160. The fourth-order valence-corrected chi connectivity index (χ4v) is 5.18. The maximum Gasteiger partial charge on any atom is 0.303 e. The molecule has 3 unspecified atom stereocenters. The molecule has 1 aromatic rings. The van der Waals surface area contributed by atoms with Gasteiger partial charge in [-0.15, -0.1) is 0 Å². The van der Waals surface area contributed by atoms with Crippen LogP contribution in [0.4, 0.5) is 0 Å². The van der Waals surface area contributed by atoms with Gasteiger partial charge in [0, 0.05) is 48.3 Å². The average molecular weight is 579 g/mol. The summed E-state index contributed by atoms with van der Waals surface area (Å²) >= 11 is 0. The molecular weight excluding hydrogens is 536 g/mol. The summed E-state index contributed by atoms with van der Waals surface area (Å²) in [6, 6.07) is 4.87. The highest BCUT2D eigenvalue weighted by molar-refractivity contribution is 7.82. The van der Waals surface area contributed by atoms with E-state index in [1.54, 1.807) is 42.7 Å². The molecule has 0 radical (unpaired) electrons. The fourth-order valence-electron chi connectivity index (χ4n) is 4.20. The van der Waals surface area contributed by atoms with Crippen molar-refractivity contribution in [3.05, 3.63) is 108 Å². The van der Waals surface area contributed by atoms with Crippen molar-refractivity contribution in [2.24, 2.45) is 0 Å². The molecule has 1 aliphatic rings. The third-order valence-corrected chi connectivity index (χ3v) is 7.70. The minimum atomic E-state index is -1.13. The number of carbonyl (C=O) groups excluding carboxylic acids is 1. The van der Waals surface area contributed by atoms with E-state index in [2.05, 4.69) is 21.9 Å². The number of aliphatic carboxylic acids is 1. The molecule has 0 bridgehead atoms. The van der Waals surface area contributed by atoms with Crippen LogP contribution in [0, 0.1) is 0 Å². The van der Waals surface area contributed by atoms with Crippen molar-refractivity contribution in [1.82, 2.24) is 19.6 Å². The molecule has 1 aliphatic heterocycles. The highest BCUT2D eigenvalue weighted by Gasteiger charge is 2.23. The van der Waals surface area contributed by atoms with Crippen LogP contribution < -0.4 is 5.32 Å². The van der Waals surface area contributed by atoms with Gasteiger partial charge in [0.1, 0.15) is 11.0 Å². The quantitative estimate of drug-likeness (QED) is 0.215. The third-order valence-electron chi connectivity index (χ3n) is 6.32. The zero-order chi connectivity index (χ0) is 30.0. The smallest absolute Gasteiger partial charge is 0.303 e. The van der Waals surface area contributed by atoms with Crippen molar-refractivity contribution in [3.63, 3.8) is 0 Å². The van der Waals surface area contributed by atoms with Gasteiger partial charge in [-0.25, -0.2) is 4.21 Å². The van der Waals surface area contributed by atoms with Crippen molar-refractivity contribution in [2.75, 3.05) is 12.3 Å². The number of aryl methyl sites for hydroxylation is 1. The Morgan fingerprint density at radius 3 is 2.73 bits per heavy atom. The monoisotopic (exact) mass is 578 g/mol. The molecule has 0 aromatic carbocycles. The molecule has 8 nitrogen and oxygen atoms in total. The number of allylic oxidation sites excluding steroid dienone is 7. The van der Waals surface area contributed by atoms with E-state index in [4.69, 9.17) is 5.11 Å². The van der Waals surface area contributed by atoms with Crippen LogP contribution in [0.3, 0.4) is 0 Å². The van der Waals surface area contributed by atoms with Crippen LogP contribution in [-0.2, 0) is 22.2 Å². The van der Waals surface area contributed by atoms with Crippen LogP contribution in [-0.4, -0.2) is 53.8 Å². The van der Waals surface area contributed by atoms with E-state index >= 15 is 0 Å². The van der Waals surface area contributed by atoms with Crippen LogP contribution >= 0.6 is 0 Å². The van der Waals surface area contributed by atoms with Crippen LogP contribution in [0.25, 0.3) is 0 Å². The minimum Gasteiger partial charge on any atom is -0.481 e. The van der Waals surface area contributed by atoms with Crippen LogP contribution in [0.15, 0.2) is 91.5 Å². The number of hydrogen-bond acceptors (Lipinski definition) is 5. The number of carbonyl (C=O) groups is 2. The summed E-state index contributed by atoms with van der Waals surface area (Å²) in [5.74, 6) is -0.578. The molecular formula is C32H42N4O4S. The Labute approximate surface area is 246 Å². The second kappa shape index (κ2) is 18.5. The Bertz CT molecular complexity index is 1250. The molecule has 0 fully saturated rings. The predicted molar refractivity (Wildman–Crippen MR) is 166 cm³/mol. The summed E-state index contributed by atoms with van der Waals surface area (Å²) in [7, 11) is -1.13. The normalized spacial score (nSPS) is 16.8. The lowest BCUT2D eigenvalue weighted by Crippen LogP contribution is -2.41. The first-order valence-corrected chi connectivity index (χ1v) is 15.2. The van der Waals surface area contributed by atoms with E-state index < -0.39 is 17.0 Å². The first-order chi connectivity index (χ1) is 19.8. The van der Waals surface area contributed by atoms with Crippen LogP contribution in [0.2, 0.25) is 0 Å². The summed E-state index contributed by atoms with van der Waals surface area (Å²) in [5, 5.41) is 12.1. The molecule has 9 heteroatoms. The fraction of sp³-hybridized carbons (Fsp3) is 0.375. The van der Waals surface area contributed by atoms with Crippen molar-refractivity contribution in [3.8, 4) is 0 Å². The maximum absolute atomic E-state index is 13.2. The molecule has 0 spiro atoms. The molecule has 1 amide bonds. The number of carboxylic acid groups (broad SMARTS) is 1. The summed E-state index contributed by atoms with van der Waals surface area (Å²) in [5.41, 5.74) is 2.76. The number of hydrogen-bond donors (Lipinski definition) is 2. The maximum atomic E-state index is 13.2. The van der Waals surface area contributed by atoms with Gasteiger partial charge in [-0.2, -0.15) is 0 Å². The lowest BCUT2D eigenvalue weighted by Gasteiger charge is -2.31. The Hall–Kier alpha value is -3.85. The highest BCUT2D eigenvalue weighted by atomic mass is 32.2. The van der Waals surface area contributed by atoms with E-state index in [-0.39, 0.29) is 24.3 Å². The molecule has 2 rings (SSSR count). The van der Waals surface area contributed by atoms with Gasteiger partial charge in [-0.3, -0.25) is 23.9 Å². The molecule has 0 aliphatic carbocycles. The van der Waals surface area contributed by atoms with Crippen molar-refractivity contribution in [1.29, 1.82) is 0 Å². The second-order valence-electron chi connectivity index (χ2n) is 9.44. The Morgan fingerprint density at radius 2 is 2.02 bits per heavy atom. The van der Waals surface area contributed by atoms with Gasteiger partial charge in [0.05, 0.1) is 17.4 Å². The molecule has 1 aromatic heterocycles. The number of amides is 1. The van der Waals surface area contributed by atoms with Gasteiger partial charge in [0.15, 0.2) is 0 Å². The number of nitrogens with zero attached hydrogens (tertiary/aromatic N) is 3. The molecule has 220 valence electrons. The Kier molecular flexibility index (Phi) is 15.0. The zero-order valence-electron chi connectivity index (χ0n) is 24.2. The van der Waals surface area contributed by atoms with E-state index in [0.717, 1.165) is 17.1 Å². The summed E-state index contributed by atoms with van der Waals surface area (Å²) in [6.07, 6.45) is 20.9. The first-order valence-electron chi connectivity index (χ1n) is 14.0. The lowest BCUT2D eigenvalue weighted by molar-refractivity contribution is -0.137. The largest absolute Gasteiger partial charge is 0.481 e. The predicted octanol–water partition coefficient (Wildman–Crippen LogP) is 5.75.